The SMILES string of the molecule is CC(C)NC(=O)NS(=O)(=O)c1cc(N)cc(F)c1F. The van der Waals surface area contributed by atoms with Crippen molar-refractivity contribution in [3.05, 3.63) is 23.8 Å². The highest BCUT2D eigenvalue weighted by Gasteiger charge is 2.24. The minimum Gasteiger partial charge on any atom is -0.399 e. The Morgan fingerprint density at radius 1 is 1.32 bits per heavy atom. The van der Waals surface area contributed by atoms with Gasteiger partial charge >= 0.3 is 6.03 Å². The molecule has 1 rings (SSSR count). The fourth-order valence-corrected chi connectivity index (χ4v) is 2.29. The zero-order valence-corrected chi connectivity index (χ0v) is 11.0. The van der Waals surface area contributed by atoms with Crippen LogP contribution in [-0.2, 0) is 10.0 Å². The Bertz CT molecular complexity index is 602. The fourth-order valence-electron chi connectivity index (χ4n) is 1.25. The molecule has 0 aliphatic carbocycles. The molecule has 19 heavy (non-hydrogen) atoms. The van der Waals surface area contributed by atoms with Crippen LogP contribution in [0.25, 0.3) is 0 Å². The summed E-state index contributed by atoms with van der Waals surface area (Å²) in [6.07, 6.45) is 0. The number of amides is 2. The Labute approximate surface area is 109 Å². The third-order valence-corrected chi connectivity index (χ3v) is 3.28. The number of benzene rings is 1. The number of nitrogens with two attached hydrogens (primary N) is 1. The summed E-state index contributed by atoms with van der Waals surface area (Å²) in [5.41, 5.74) is 4.96. The molecule has 0 spiro atoms. The first-order valence-corrected chi connectivity index (χ1v) is 6.69. The first kappa shape index (κ1) is 15.2. The number of nitrogens with one attached hydrogen (secondary N) is 2. The summed E-state index contributed by atoms with van der Waals surface area (Å²) in [7, 11) is -4.54. The topological polar surface area (TPSA) is 101 Å². The lowest BCUT2D eigenvalue weighted by Crippen LogP contribution is -2.42. The molecule has 0 aliphatic heterocycles. The molecule has 106 valence electrons. The molecule has 0 atom stereocenters. The Balaban J connectivity index is 3.11. The summed E-state index contributed by atoms with van der Waals surface area (Å²) in [6.45, 7) is 3.21. The predicted molar refractivity (Wildman–Crippen MR) is 64.8 cm³/mol. The molecule has 1 aromatic carbocycles. The zero-order valence-electron chi connectivity index (χ0n) is 10.2. The number of hydrogen-bond donors (Lipinski definition) is 3. The summed E-state index contributed by atoms with van der Waals surface area (Å²) >= 11 is 0. The second-order valence-electron chi connectivity index (χ2n) is 4.05. The fraction of sp³-hybridized carbons (Fsp3) is 0.300. The molecule has 0 heterocycles. The van der Waals surface area contributed by atoms with Crippen molar-refractivity contribution < 1.29 is 22.0 Å². The molecule has 4 N–H and O–H groups in total. The van der Waals surface area contributed by atoms with Gasteiger partial charge in [-0.3, -0.25) is 0 Å². The minimum absolute atomic E-state index is 0.274. The van der Waals surface area contributed by atoms with Gasteiger partial charge in [-0.25, -0.2) is 26.7 Å². The number of anilines is 1. The third kappa shape index (κ3) is 3.78. The van der Waals surface area contributed by atoms with E-state index in [0.717, 1.165) is 6.07 Å². The van der Waals surface area contributed by atoms with Crippen molar-refractivity contribution in [3.63, 3.8) is 0 Å². The van der Waals surface area contributed by atoms with Gasteiger partial charge in [-0.05, 0) is 26.0 Å². The Morgan fingerprint density at radius 3 is 2.42 bits per heavy atom. The molecule has 0 fully saturated rings. The lowest BCUT2D eigenvalue weighted by Gasteiger charge is -2.11. The van der Waals surface area contributed by atoms with Gasteiger partial charge in [0.1, 0.15) is 4.90 Å². The maximum Gasteiger partial charge on any atom is 0.328 e. The molecular weight excluding hydrogens is 280 g/mol. The largest absolute Gasteiger partial charge is 0.399 e. The van der Waals surface area contributed by atoms with Crippen LogP contribution >= 0.6 is 0 Å². The molecule has 0 unspecified atom stereocenters. The van der Waals surface area contributed by atoms with Crippen molar-refractivity contribution in [2.45, 2.75) is 24.8 Å². The van der Waals surface area contributed by atoms with Crippen molar-refractivity contribution in [1.82, 2.24) is 10.0 Å². The first-order chi connectivity index (χ1) is 8.63. The Kier molecular flexibility index (Phi) is 4.30. The van der Waals surface area contributed by atoms with Crippen LogP contribution in [0.2, 0.25) is 0 Å². The molecule has 0 aliphatic rings. The van der Waals surface area contributed by atoms with Crippen molar-refractivity contribution >= 4 is 21.7 Å². The number of halogens is 2. The normalized spacial score (nSPS) is 11.4. The van der Waals surface area contributed by atoms with Crippen LogP contribution in [0.5, 0.6) is 0 Å². The van der Waals surface area contributed by atoms with E-state index in [1.807, 2.05) is 0 Å². The maximum absolute atomic E-state index is 13.4. The van der Waals surface area contributed by atoms with Crippen LogP contribution in [0.1, 0.15) is 13.8 Å². The average molecular weight is 293 g/mol. The summed E-state index contributed by atoms with van der Waals surface area (Å²) < 4.78 is 51.5. The summed E-state index contributed by atoms with van der Waals surface area (Å²) in [5.74, 6) is -3.01. The van der Waals surface area contributed by atoms with E-state index in [1.165, 1.54) is 0 Å². The van der Waals surface area contributed by atoms with Gasteiger partial charge in [0.25, 0.3) is 10.0 Å². The molecule has 0 aromatic heterocycles. The predicted octanol–water partition coefficient (Wildman–Crippen LogP) is 0.943. The van der Waals surface area contributed by atoms with Gasteiger partial charge < -0.3 is 11.1 Å². The molecule has 0 saturated heterocycles. The smallest absolute Gasteiger partial charge is 0.328 e. The molecule has 0 radical (unpaired) electrons. The first-order valence-electron chi connectivity index (χ1n) is 5.21. The molecule has 0 saturated carbocycles. The van der Waals surface area contributed by atoms with E-state index >= 15 is 0 Å². The maximum atomic E-state index is 13.4. The van der Waals surface area contributed by atoms with E-state index in [4.69, 9.17) is 5.73 Å². The number of sulfonamides is 1. The van der Waals surface area contributed by atoms with Crippen LogP contribution in [-0.4, -0.2) is 20.5 Å². The zero-order chi connectivity index (χ0) is 14.8. The van der Waals surface area contributed by atoms with E-state index in [0.29, 0.717) is 6.07 Å². The van der Waals surface area contributed by atoms with Crippen molar-refractivity contribution in [1.29, 1.82) is 0 Å². The van der Waals surface area contributed by atoms with E-state index in [1.54, 1.807) is 18.6 Å². The van der Waals surface area contributed by atoms with Gasteiger partial charge in [-0.2, -0.15) is 0 Å². The molecule has 2 amide bonds. The molecule has 6 nitrogen and oxygen atoms in total. The van der Waals surface area contributed by atoms with Crippen LogP contribution in [0.15, 0.2) is 17.0 Å². The highest BCUT2D eigenvalue weighted by Crippen LogP contribution is 2.20. The Hall–Kier alpha value is -1.90. The molecule has 0 bridgehead atoms. The van der Waals surface area contributed by atoms with Crippen LogP contribution < -0.4 is 15.8 Å². The van der Waals surface area contributed by atoms with Gasteiger partial charge in [0.2, 0.25) is 0 Å². The number of carbonyl (C=O) groups is 1. The second kappa shape index (κ2) is 5.39. The number of hydrogen-bond acceptors (Lipinski definition) is 4. The number of carbonyl (C=O) groups excluding carboxylic acids is 1. The van der Waals surface area contributed by atoms with Gasteiger partial charge in [0.15, 0.2) is 11.6 Å². The van der Waals surface area contributed by atoms with Gasteiger partial charge in [-0.15, -0.1) is 0 Å². The standard InChI is InChI=1S/C10H13F2N3O3S/c1-5(2)14-10(16)15-19(17,18)8-4-6(13)3-7(11)9(8)12/h3-5H,13H2,1-2H3,(H2,14,15,16). The summed E-state index contributed by atoms with van der Waals surface area (Å²) in [4.78, 5) is 10.3. The Morgan fingerprint density at radius 2 is 1.89 bits per heavy atom. The number of rotatable bonds is 3. The van der Waals surface area contributed by atoms with Crippen LogP contribution in [0.4, 0.5) is 19.3 Å². The minimum atomic E-state index is -4.54. The van der Waals surface area contributed by atoms with Gasteiger partial charge in [0.05, 0.1) is 0 Å². The van der Waals surface area contributed by atoms with Crippen molar-refractivity contribution in [2.24, 2.45) is 0 Å². The van der Waals surface area contributed by atoms with Crippen molar-refractivity contribution in [3.8, 4) is 0 Å². The average Bonchev–Trinajstić information content (AvgIpc) is 2.20. The molecule has 1 aromatic rings. The van der Waals surface area contributed by atoms with E-state index in [2.05, 4.69) is 5.32 Å². The number of urea groups is 1. The lowest BCUT2D eigenvalue weighted by atomic mass is 10.3. The third-order valence-electron chi connectivity index (χ3n) is 1.95. The van der Waals surface area contributed by atoms with Crippen molar-refractivity contribution in [2.75, 3.05) is 5.73 Å². The van der Waals surface area contributed by atoms with E-state index in [-0.39, 0.29) is 11.7 Å². The van der Waals surface area contributed by atoms with Crippen LogP contribution in [0, 0.1) is 11.6 Å². The van der Waals surface area contributed by atoms with Gasteiger partial charge in [0, 0.05) is 11.7 Å². The van der Waals surface area contributed by atoms with Gasteiger partial charge in [-0.1, -0.05) is 0 Å². The van der Waals surface area contributed by atoms with E-state index in [9.17, 15) is 22.0 Å². The number of nitrogen functional groups attached to an aromatic ring is 1. The quantitative estimate of drug-likeness (QED) is 0.722. The van der Waals surface area contributed by atoms with E-state index < -0.39 is 32.6 Å². The molecular formula is C10H13F2N3O3S. The highest BCUT2D eigenvalue weighted by molar-refractivity contribution is 7.90. The summed E-state index contributed by atoms with van der Waals surface area (Å²) in [5, 5.41) is 2.24. The summed E-state index contributed by atoms with van der Waals surface area (Å²) in [6, 6.07) is 0.00113. The van der Waals surface area contributed by atoms with Crippen LogP contribution in [0.3, 0.4) is 0 Å². The monoisotopic (exact) mass is 293 g/mol. The molecule has 9 heteroatoms. The second-order valence-corrected chi connectivity index (χ2v) is 5.70. The highest BCUT2D eigenvalue weighted by atomic mass is 32.2. The lowest BCUT2D eigenvalue weighted by molar-refractivity contribution is 0.243.